The van der Waals surface area contributed by atoms with Crippen LogP contribution in [0.5, 0.6) is 11.5 Å². The first-order valence-electron chi connectivity index (χ1n) is 20.8. The van der Waals surface area contributed by atoms with Crippen molar-refractivity contribution in [3.8, 4) is 62.2 Å². The number of fused-ring (bicyclic) bond motifs is 14. The first kappa shape index (κ1) is 33.8. The van der Waals surface area contributed by atoms with E-state index in [0.717, 1.165) is 83.4 Å². The summed E-state index contributed by atoms with van der Waals surface area (Å²) in [5, 5.41) is 4.49. The van der Waals surface area contributed by atoms with Crippen molar-refractivity contribution in [2.45, 2.75) is 5.41 Å². The van der Waals surface area contributed by atoms with Crippen molar-refractivity contribution in [1.82, 2.24) is 14.5 Å². The molecule has 4 heteroatoms. The molecule has 0 saturated heterocycles. The van der Waals surface area contributed by atoms with Gasteiger partial charge in [0, 0.05) is 38.6 Å². The standard InChI is InChI=1S/C57H35N3O/c1-3-17-36(18-4-1)48-35-49(59-56(58-48)37-19-5-2-6-20-37)41-31-33-51(42-24-8-7-21-38(41)42)60-50-29-15-11-25-43(50)54-52(60)34-32-47-55(54)61-53-30-16-14-28-46(53)57(47)44-26-12-9-22-39(44)40-23-10-13-27-45(40)57/h1-35H. The minimum Gasteiger partial charge on any atom is -0.456 e. The second kappa shape index (κ2) is 13.0. The van der Waals surface area contributed by atoms with E-state index in [4.69, 9.17) is 14.7 Å². The summed E-state index contributed by atoms with van der Waals surface area (Å²) in [4.78, 5) is 10.3. The van der Waals surface area contributed by atoms with E-state index in [0.29, 0.717) is 5.82 Å². The zero-order chi connectivity index (χ0) is 40.1. The van der Waals surface area contributed by atoms with Crippen LogP contribution in [0.2, 0.25) is 0 Å². The van der Waals surface area contributed by atoms with Crippen molar-refractivity contribution in [3.63, 3.8) is 0 Å². The molecule has 0 atom stereocenters. The second-order valence-corrected chi connectivity index (χ2v) is 16.0. The number of nitrogens with zero attached hydrogens (tertiary/aromatic N) is 3. The van der Waals surface area contributed by atoms with Crippen LogP contribution < -0.4 is 4.74 Å². The average Bonchev–Trinajstić information content (AvgIpc) is 3.83. The lowest BCUT2D eigenvalue weighted by molar-refractivity contribution is 0.442. The van der Waals surface area contributed by atoms with Gasteiger partial charge in [-0.2, -0.15) is 0 Å². The van der Waals surface area contributed by atoms with Crippen LogP contribution in [0.25, 0.3) is 83.3 Å². The SMILES string of the molecule is c1ccc(-c2cc(-c3ccc(-n4c5ccccc5c5c6c(ccc54)C4(c5ccccc5O6)c5ccccc5-c5ccccc54)c4ccccc34)nc(-c3ccccc3)n2)cc1. The molecule has 0 saturated carbocycles. The van der Waals surface area contributed by atoms with Gasteiger partial charge in [-0.1, -0.05) is 182 Å². The Kier molecular flexibility index (Phi) is 7.19. The maximum Gasteiger partial charge on any atom is 0.160 e. The van der Waals surface area contributed by atoms with E-state index in [1.54, 1.807) is 0 Å². The normalized spacial score (nSPS) is 13.2. The Labute approximate surface area is 352 Å². The van der Waals surface area contributed by atoms with Gasteiger partial charge >= 0.3 is 0 Å². The van der Waals surface area contributed by atoms with Gasteiger partial charge in [0.1, 0.15) is 11.5 Å². The van der Waals surface area contributed by atoms with Gasteiger partial charge < -0.3 is 9.30 Å². The molecule has 0 unspecified atom stereocenters. The molecule has 1 spiro atoms. The maximum atomic E-state index is 7.20. The molecule has 1 aliphatic carbocycles. The molecule has 9 aromatic carbocycles. The third-order valence-electron chi connectivity index (χ3n) is 12.9. The zero-order valence-corrected chi connectivity index (χ0v) is 33.0. The minimum absolute atomic E-state index is 0.544. The van der Waals surface area contributed by atoms with E-state index in [-0.39, 0.29) is 0 Å². The van der Waals surface area contributed by atoms with Gasteiger partial charge in [-0.15, -0.1) is 0 Å². The molecule has 2 aliphatic rings. The van der Waals surface area contributed by atoms with Crippen molar-refractivity contribution >= 4 is 32.6 Å². The summed E-state index contributed by atoms with van der Waals surface area (Å²) in [7, 11) is 0. The molecule has 3 heterocycles. The van der Waals surface area contributed by atoms with E-state index in [2.05, 4.69) is 193 Å². The second-order valence-electron chi connectivity index (χ2n) is 16.0. The molecule has 2 aromatic heterocycles. The van der Waals surface area contributed by atoms with Crippen LogP contribution in [0.15, 0.2) is 212 Å². The number of aromatic nitrogens is 3. The van der Waals surface area contributed by atoms with Gasteiger partial charge in [0.2, 0.25) is 0 Å². The van der Waals surface area contributed by atoms with Crippen LogP contribution in [0.3, 0.4) is 0 Å². The summed E-state index contributed by atoms with van der Waals surface area (Å²) in [6.07, 6.45) is 0. The number of para-hydroxylation sites is 2. The molecular weight excluding hydrogens is 743 g/mol. The van der Waals surface area contributed by atoms with Crippen LogP contribution in [0, 0.1) is 0 Å². The Hall–Kier alpha value is -8.08. The van der Waals surface area contributed by atoms with Crippen LogP contribution in [0.4, 0.5) is 0 Å². The Balaban J connectivity index is 1.07. The lowest BCUT2D eigenvalue weighted by Crippen LogP contribution is -2.32. The fourth-order valence-electron chi connectivity index (χ4n) is 10.4. The Morgan fingerprint density at radius 2 is 0.984 bits per heavy atom. The smallest absolute Gasteiger partial charge is 0.160 e. The van der Waals surface area contributed by atoms with Crippen molar-refractivity contribution in [2.75, 3.05) is 0 Å². The number of benzene rings is 9. The first-order chi connectivity index (χ1) is 30.3. The van der Waals surface area contributed by atoms with Gasteiger partial charge in [-0.25, -0.2) is 9.97 Å². The van der Waals surface area contributed by atoms with Crippen molar-refractivity contribution in [2.24, 2.45) is 0 Å². The van der Waals surface area contributed by atoms with Crippen LogP contribution in [-0.2, 0) is 5.41 Å². The first-order valence-corrected chi connectivity index (χ1v) is 20.8. The van der Waals surface area contributed by atoms with Crippen LogP contribution in [-0.4, -0.2) is 14.5 Å². The van der Waals surface area contributed by atoms with Crippen molar-refractivity contribution in [3.05, 3.63) is 235 Å². The third-order valence-corrected chi connectivity index (χ3v) is 12.9. The summed E-state index contributed by atoms with van der Waals surface area (Å²) < 4.78 is 9.62. The fraction of sp³-hybridized carbons (Fsp3) is 0.0175. The van der Waals surface area contributed by atoms with Crippen molar-refractivity contribution < 1.29 is 4.74 Å². The highest BCUT2D eigenvalue weighted by Gasteiger charge is 2.51. The largest absolute Gasteiger partial charge is 0.456 e. The van der Waals surface area contributed by atoms with E-state index in [1.807, 2.05) is 24.3 Å². The van der Waals surface area contributed by atoms with Gasteiger partial charge in [0.15, 0.2) is 5.82 Å². The molecule has 13 rings (SSSR count). The Bertz CT molecular complexity index is 3470. The molecule has 284 valence electrons. The molecule has 0 radical (unpaired) electrons. The summed E-state index contributed by atoms with van der Waals surface area (Å²) in [5.74, 6) is 2.49. The van der Waals surface area contributed by atoms with Gasteiger partial charge in [0.05, 0.1) is 38.9 Å². The summed E-state index contributed by atoms with van der Waals surface area (Å²) in [6.45, 7) is 0. The molecule has 0 amide bonds. The van der Waals surface area contributed by atoms with Crippen LogP contribution >= 0.6 is 0 Å². The highest BCUT2D eigenvalue weighted by molar-refractivity contribution is 6.15. The molecule has 4 nitrogen and oxygen atoms in total. The number of hydrogen-bond acceptors (Lipinski definition) is 3. The molecule has 11 aromatic rings. The lowest BCUT2D eigenvalue weighted by atomic mass is 9.66. The zero-order valence-electron chi connectivity index (χ0n) is 33.0. The van der Waals surface area contributed by atoms with Crippen LogP contribution in [0.1, 0.15) is 22.3 Å². The predicted molar refractivity (Wildman–Crippen MR) is 248 cm³/mol. The fourth-order valence-corrected chi connectivity index (χ4v) is 10.4. The van der Waals surface area contributed by atoms with E-state index < -0.39 is 5.41 Å². The molecule has 61 heavy (non-hydrogen) atoms. The average molecular weight is 778 g/mol. The summed E-state index contributed by atoms with van der Waals surface area (Å²) in [5.41, 5.74) is 15.0. The molecule has 0 bridgehead atoms. The summed E-state index contributed by atoms with van der Waals surface area (Å²) in [6, 6.07) is 75.8. The number of rotatable bonds is 4. The van der Waals surface area contributed by atoms with Gasteiger partial charge in [-0.3, -0.25) is 0 Å². The highest BCUT2D eigenvalue weighted by Crippen LogP contribution is 2.63. The lowest BCUT2D eigenvalue weighted by Gasteiger charge is -2.39. The Morgan fingerprint density at radius 3 is 1.74 bits per heavy atom. The maximum absolute atomic E-state index is 7.20. The monoisotopic (exact) mass is 777 g/mol. The molecule has 0 fully saturated rings. The van der Waals surface area contributed by atoms with E-state index >= 15 is 0 Å². The highest BCUT2D eigenvalue weighted by atomic mass is 16.5. The summed E-state index contributed by atoms with van der Waals surface area (Å²) >= 11 is 0. The van der Waals surface area contributed by atoms with Gasteiger partial charge in [-0.05, 0) is 58.0 Å². The quantitative estimate of drug-likeness (QED) is 0.179. The predicted octanol–water partition coefficient (Wildman–Crippen LogP) is 14.2. The minimum atomic E-state index is -0.544. The van der Waals surface area contributed by atoms with Gasteiger partial charge in [0.25, 0.3) is 0 Å². The number of ether oxygens (including phenoxy) is 1. The topological polar surface area (TPSA) is 39.9 Å². The Morgan fingerprint density at radius 1 is 0.393 bits per heavy atom. The molecule has 0 N–H and O–H groups in total. The van der Waals surface area contributed by atoms with Crippen molar-refractivity contribution in [1.29, 1.82) is 0 Å². The third kappa shape index (κ3) is 4.76. The van der Waals surface area contributed by atoms with E-state index in [1.165, 1.54) is 27.8 Å². The van der Waals surface area contributed by atoms with E-state index in [9.17, 15) is 0 Å². The molecule has 1 aliphatic heterocycles. The number of hydrogen-bond donors (Lipinski definition) is 0. The molecular formula is C57H35N3O.